The summed E-state index contributed by atoms with van der Waals surface area (Å²) in [6.07, 6.45) is 0. The van der Waals surface area contributed by atoms with Crippen molar-refractivity contribution in [1.82, 2.24) is 9.80 Å². The van der Waals surface area contributed by atoms with E-state index in [4.69, 9.17) is 0 Å². The Labute approximate surface area is 149 Å². The first kappa shape index (κ1) is 21.5. The average molecular weight is 379 g/mol. The first-order valence-corrected chi connectivity index (χ1v) is 12.5. The molecule has 0 bridgehead atoms. The van der Waals surface area contributed by atoms with Gasteiger partial charge in [-0.1, -0.05) is 20.4 Å². The van der Waals surface area contributed by atoms with Crippen LogP contribution in [-0.4, -0.2) is 83.5 Å². The van der Waals surface area contributed by atoms with Gasteiger partial charge in [-0.15, -0.1) is 0 Å². The van der Waals surface area contributed by atoms with Gasteiger partial charge in [-0.3, -0.25) is 9.11 Å². The van der Waals surface area contributed by atoms with Gasteiger partial charge in [0.15, 0.2) is 9.84 Å². The van der Waals surface area contributed by atoms with Gasteiger partial charge in [0, 0.05) is 49.4 Å². The molecule has 2 rings (SSSR count). The Kier molecular flexibility index (Phi) is 7.81. The third-order valence-electron chi connectivity index (χ3n) is 4.65. The van der Waals surface area contributed by atoms with Gasteiger partial charge >= 0.3 is 0 Å². The molecule has 0 aromatic rings. The lowest BCUT2D eigenvalue weighted by Crippen LogP contribution is -2.43. The van der Waals surface area contributed by atoms with Crippen LogP contribution in [0.25, 0.3) is 0 Å². The topological polar surface area (TPSA) is 57.7 Å². The molecule has 7 heteroatoms. The second-order valence-corrected chi connectivity index (χ2v) is 12.3. The highest BCUT2D eigenvalue weighted by Gasteiger charge is 2.23. The summed E-state index contributed by atoms with van der Waals surface area (Å²) >= 11 is 0. The smallest absolute Gasteiger partial charge is 0.153 e. The molecule has 0 unspecified atom stereocenters. The number of allylic oxidation sites excluding steroid dienone is 1. The van der Waals surface area contributed by atoms with E-state index in [0.29, 0.717) is 25.0 Å². The van der Waals surface area contributed by atoms with Crippen LogP contribution in [0.5, 0.6) is 0 Å². The fourth-order valence-corrected chi connectivity index (χ4v) is 5.20. The molecule has 0 spiro atoms. The van der Waals surface area contributed by atoms with Crippen molar-refractivity contribution in [1.29, 1.82) is 0 Å². The number of nitrogens with zero attached hydrogens (tertiary/aromatic N) is 2. The summed E-state index contributed by atoms with van der Waals surface area (Å²) in [5.74, 6) is 6.25. The summed E-state index contributed by atoms with van der Waals surface area (Å²) in [5.41, 5.74) is 1.05. The van der Waals surface area contributed by atoms with Crippen LogP contribution >= 0.6 is 0 Å². The molecular formula is C17H34N2O3S2. The Bertz CT molecular complexity index is 594. The zero-order chi connectivity index (χ0) is 18.5. The molecule has 142 valence electrons. The maximum Gasteiger partial charge on any atom is 0.153 e. The minimum absolute atomic E-state index is 0.277. The van der Waals surface area contributed by atoms with Crippen LogP contribution in [0.3, 0.4) is 0 Å². The van der Waals surface area contributed by atoms with Crippen LogP contribution in [-0.2, 0) is 19.4 Å². The highest BCUT2D eigenvalue weighted by molar-refractivity contribution is 8.00. The molecule has 2 saturated heterocycles. The van der Waals surface area contributed by atoms with Crippen molar-refractivity contribution in [3.63, 3.8) is 0 Å². The molecule has 0 amide bonds. The lowest BCUT2D eigenvalue weighted by atomic mass is 10.1. The van der Waals surface area contributed by atoms with Gasteiger partial charge in [-0.25, -0.2) is 8.42 Å². The minimum Gasteiger partial charge on any atom is -0.373 e. The van der Waals surface area contributed by atoms with E-state index in [0.717, 1.165) is 30.3 Å². The molecule has 2 heterocycles. The molecule has 0 atom stereocenters. The van der Waals surface area contributed by atoms with Gasteiger partial charge in [0.05, 0.1) is 11.5 Å². The summed E-state index contributed by atoms with van der Waals surface area (Å²) in [6, 6.07) is 0.588. The number of sulfone groups is 1. The third kappa shape index (κ3) is 7.15. The zero-order valence-corrected chi connectivity index (χ0v) is 17.3. The van der Waals surface area contributed by atoms with E-state index in [1.54, 1.807) is 0 Å². The van der Waals surface area contributed by atoms with Gasteiger partial charge < -0.3 is 4.90 Å². The van der Waals surface area contributed by atoms with Crippen molar-refractivity contribution in [2.75, 3.05) is 49.2 Å². The largest absolute Gasteiger partial charge is 0.373 e. The highest BCUT2D eigenvalue weighted by Crippen LogP contribution is 2.16. The molecule has 5 nitrogen and oxygen atoms in total. The van der Waals surface area contributed by atoms with E-state index in [2.05, 4.69) is 49.9 Å². The molecule has 0 aromatic carbocycles. The fourth-order valence-electron chi connectivity index (χ4n) is 2.66. The molecule has 0 saturated carbocycles. The predicted octanol–water partition coefficient (Wildman–Crippen LogP) is 1.31. The van der Waals surface area contributed by atoms with E-state index in [1.165, 1.54) is 0 Å². The summed E-state index contributed by atoms with van der Waals surface area (Å²) < 4.78 is 33.7. The second kappa shape index (κ2) is 8.72. The minimum atomic E-state index is -2.76. The molecule has 0 radical (unpaired) electrons. The first-order chi connectivity index (χ1) is 10.9. The van der Waals surface area contributed by atoms with E-state index in [1.807, 2.05) is 0 Å². The van der Waals surface area contributed by atoms with Crippen LogP contribution in [0.2, 0.25) is 0 Å². The monoisotopic (exact) mass is 378 g/mol. The standard InChI is InChI=1S/C9H17NO2S.C8H17NOS/c1-8(2)9(3)10-4-6-13(11,12)7-5-10;1-8(2)9-4-6-11(3,10)7-5-9/h8H,3-7H2,1-2H3;8H,3-7H2,1-2H3. The van der Waals surface area contributed by atoms with Crippen LogP contribution in [0.15, 0.2) is 12.3 Å². The Hall–Kier alpha value is -0.530. The van der Waals surface area contributed by atoms with E-state index in [9.17, 15) is 12.6 Å². The second-order valence-electron chi connectivity index (χ2n) is 7.29. The van der Waals surface area contributed by atoms with E-state index < -0.39 is 19.4 Å². The molecule has 2 fully saturated rings. The van der Waals surface area contributed by atoms with Crippen LogP contribution in [0, 0.1) is 5.92 Å². The maximum absolute atomic E-state index is 11.4. The van der Waals surface area contributed by atoms with Gasteiger partial charge in [-0.05, 0) is 35.2 Å². The van der Waals surface area contributed by atoms with Gasteiger partial charge in [0.2, 0.25) is 0 Å². The molecule has 2 aliphatic rings. The molecule has 0 N–H and O–H groups in total. The van der Waals surface area contributed by atoms with Crippen molar-refractivity contribution in [2.24, 2.45) is 5.92 Å². The highest BCUT2D eigenvalue weighted by atomic mass is 32.2. The zero-order valence-electron chi connectivity index (χ0n) is 15.7. The summed E-state index contributed by atoms with van der Waals surface area (Å²) in [5, 5.41) is 0. The van der Waals surface area contributed by atoms with Crippen LogP contribution < -0.4 is 0 Å². The Balaban J connectivity index is 0.000000243. The molecular weight excluding hydrogens is 344 g/mol. The van der Waals surface area contributed by atoms with Crippen molar-refractivity contribution in [3.8, 4) is 0 Å². The quantitative estimate of drug-likeness (QED) is 0.693. The lowest BCUT2D eigenvalue weighted by molar-refractivity contribution is 0.243. The Morgan fingerprint density at radius 1 is 0.875 bits per heavy atom. The van der Waals surface area contributed by atoms with Crippen LogP contribution in [0.1, 0.15) is 27.7 Å². The Morgan fingerprint density at radius 2 is 1.33 bits per heavy atom. The third-order valence-corrected chi connectivity index (χ3v) is 8.11. The van der Waals surface area contributed by atoms with E-state index >= 15 is 0 Å². The average Bonchev–Trinajstić information content (AvgIpc) is 2.46. The van der Waals surface area contributed by atoms with Crippen molar-refractivity contribution in [3.05, 3.63) is 12.3 Å². The predicted molar refractivity (Wildman–Crippen MR) is 106 cm³/mol. The lowest BCUT2D eigenvalue weighted by Gasteiger charge is -2.32. The van der Waals surface area contributed by atoms with Crippen molar-refractivity contribution >= 4 is 25.2 Å². The number of hydrogen-bond acceptors (Lipinski definition) is 5. The maximum atomic E-state index is 11.4. The van der Waals surface area contributed by atoms with Crippen molar-refractivity contribution in [2.45, 2.75) is 33.7 Å². The summed E-state index contributed by atoms with van der Waals surface area (Å²) in [6.45, 7) is 15.6. The summed E-state index contributed by atoms with van der Waals surface area (Å²) in [4.78, 5) is 4.43. The fraction of sp³-hybridized carbons (Fsp3) is 0.824. The number of hydrogen-bond donors (Lipinski definition) is 0. The molecule has 24 heavy (non-hydrogen) atoms. The number of rotatable bonds is 3. The van der Waals surface area contributed by atoms with Gasteiger partial charge in [-0.2, -0.15) is 0 Å². The molecule has 0 aromatic heterocycles. The van der Waals surface area contributed by atoms with E-state index in [-0.39, 0.29) is 11.5 Å². The molecule has 2 aliphatic heterocycles. The van der Waals surface area contributed by atoms with Crippen LogP contribution in [0.4, 0.5) is 0 Å². The van der Waals surface area contributed by atoms with Gasteiger partial charge in [0.1, 0.15) is 0 Å². The molecule has 0 aliphatic carbocycles. The summed E-state index contributed by atoms with van der Waals surface area (Å²) in [7, 11) is -4.45. The SMILES string of the molecule is C=C(C(C)C)N1CCS(=O)(=O)CC1.C=S1(=O)CCN(C(C)C)CC1. The van der Waals surface area contributed by atoms with Gasteiger partial charge in [0.25, 0.3) is 0 Å². The van der Waals surface area contributed by atoms with Crippen molar-refractivity contribution < 1.29 is 12.6 Å². The first-order valence-electron chi connectivity index (χ1n) is 8.64. The normalized spacial score (nSPS) is 23.7. The Morgan fingerprint density at radius 3 is 1.71 bits per heavy atom.